The molecule has 2 fully saturated rings. The van der Waals surface area contributed by atoms with Crippen molar-refractivity contribution in [3.63, 3.8) is 0 Å². The SMILES string of the molecule is CC1CC(=O)C2CCCCC2(C)N1C. The molecule has 0 aromatic heterocycles. The third-order valence-electron chi connectivity index (χ3n) is 4.53. The van der Waals surface area contributed by atoms with Crippen molar-refractivity contribution >= 4 is 5.78 Å². The Morgan fingerprint density at radius 1 is 1.43 bits per heavy atom. The van der Waals surface area contributed by atoms with Crippen LogP contribution in [0.2, 0.25) is 0 Å². The van der Waals surface area contributed by atoms with Gasteiger partial charge in [0.05, 0.1) is 0 Å². The van der Waals surface area contributed by atoms with Gasteiger partial charge in [-0.1, -0.05) is 12.8 Å². The van der Waals surface area contributed by atoms with E-state index in [1.54, 1.807) is 0 Å². The fraction of sp³-hybridized carbons (Fsp3) is 0.917. The number of piperidine rings is 1. The van der Waals surface area contributed by atoms with Crippen LogP contribution in [0.25, 0.3) is 0 Å². The van der Waals surface area contributed by atoms with Gasteiger partial charge >= 0.3 is 0 Å². The van der Waals surface area contributed by atoms with Gasteiger partial charge in [0, 0.05) is 23.9 Å². The van der Waals surface area contributed by atoms with Crippen LogP contribution < -0.4 is 0 Å². The molecule has 2 nitrogen and oxygen atoms in total. The van der Waals surface area contributed by atoms with E-state index in [-0.39, 0.29) is 5.54 Å². The Hall–Kier alpha value is -0.370. The lowest BCUT2D eigenvalue weighted by molar-refractivity contribution is -0.139. The maximum Gasteiger partial charge on any atom is 0.139 e. The molecule has 1 saturated heterocycles. The van der Waals surface area contributed by atoms with E-state index in [0.29, 0.717) is 17.7 Å². The van der Waals surface area contributed by atoms with Crippen LogP contribution >= 0.6 is 0 Å². The summed E-state index contributed by atoms with van der Waals surface area (Å²) >= 11 is 0. The van der Waals surface area contributed by atoms with E-state index in [1.165, 1.54) is 19.3 Å². The average molecular weight is 195 g/mol. The summed E-state index contributed by atoms with van der Waals surface area (Å²) < 4.78 is 0. The zero-order valence-corrected chi connectivity index (χ0v) is 9.55. The van der Waals surface area contributed by atoms with E-state index >= 15 is 0 Å². The second-order valence-corrected chi connectivity index (χ2v) is 5.29. The first kappa shape index (κ1) is 10.2. The Bertz CT molecular complexity index is 251. The lowest BCUT2D eigenvalue weighted by atomic mass is 9.67. The third kappa shape index (κ3) is 1.31. The van der Waals surface area contributed by atoms with E-state index in [1.807, 2.05) is 0 Å². The Kier molecular flexibility index (Phi) is 2.42. The molecule has 3 atom stereocenters. The monoisotopic (exact) mass is 195 g/mol. The quantitative estimate of drug-likeness (QED) is 0.591. The summed E-state index contributed by atoms with van der Waals surface area (Å²) in [6.07, 6.45) is 5.61. The van der Waals surface area contributed by atoms with Crippen molar-refractivity contribution in [2.45, 2.75) is 57.5 Å². The van der Waals surface area contributed by atoms with Crippen molar-refractivity contribution in [3.05, 3.63) is 0 Å². The minimum atomic E-state index is 0.160. The highest BCUT2D eigenvalue weighted by Crippen LogP contribution is 2.43. The molecule has 0 aromatic carbocycles. The van der Waals surface area contributed by atoms with Gasteiger partial charge in [0.15, 0.2) is 0 Å². The second kappa shape index (κ2) is 3.34. The fourth-order valence-electron chi connectivity index (χ4n) is 3.32. The summed E-state index contributed by atoms with van der Waals surface area (Å²) in [5, 5.41) is 0. The molecule has 14 heavy (non-hydrogen) atoms. The maximum atomic E-state index is 12.0. The molecule has 1 aliphatic carbocycles. The van der Waals surface area contributed by atoms with E-state index in [2.05, 4.69) is 25.8 Å². The van der Waals surface area contributed by atoms with Crippen molar-refractivity contribution in [2.75, 3.05) is 7.05 Å². The number of carbonyl (C=O) groups is 1. The van der Waals surface area contributed by atoms with Gasteiger partial charge in [-0.15, -0.1) is 0 Å². The largest absolute Gasteiger partial charge is 0.299 e. The second-order valence-electron chi connectivity index (χ2n) is 5.29. The van der Waals surface area contributed by atoms with Crippen molar-refractivity contribution in [1.29, 1.82) is 0 Å². The Labute approximate surface area is 86.7 Å². The van der Waals surface area contributed by atoms with Crippen molar-refractivity contribution in [2.24, 2.45) is 5.92 Å². The number of carbonyl (C=O) groups excluding carboxylic acids is 1. The normalized spacial score (nSPS) is 44.9. The van der Waals surface area contributed by atoms with Gasteiger partial charge < -0.3 is 0 Å². The van der Waals surface area contributed by atoms with Crippen molar-refractivity contribution < 1.29 is 4.79 Å². The Morgan fingerprint density at radius 3 is 2.86 bits per heavy atom. The smallest absolute Gasteiger partial charge is 0.139 e. The van der Waals surface area contributed by atoms with Crippen LogP contribution in [-0.4, -0.2) is 29.3 Å². The number of ketones is 1. The maximum absolute atomic E-state index is 12.0. The first-order chi connectivity index (χ1) is 6.55. The number of fused-ring (bicyclic) bond motifs is 1. The van der Waals surface area contributed by atoms with Crippen molar-refractivity contribution in [1.82, 2.24) is 4.90 Å². The molecule has 1 saturated carbocycles. The van der Waals surface area contributed by atoms with Gasteiger partial charge in [-0.25, -0.2) is 0 Å². The number of nitrogens with zero attached hydrogens (tertiary/aromatic N) is 1. The highest BCUT2D eigenvalue weighted by atomic mass is 16.1. The molecule has 0 radical (unpaired) electrons. The van der Waals surface area contributed by atoms with Crippen LogP contribution in [0.4, 0.5) is 0 Å². The van der Waals surface area contributed by atoms with Crippen molar-refractivity contribution in [3.8, 4) is 0 Å². The van der Waals surface area contributed by atoms with Crippen LogP contribution in [-0.2, 0) is 4.79 Å². The molecular weight excluding hydrogens is 174 g/mol. The van der Waals surface area contributed by atoms with E-state index in [0.717, 1.165) is 12.8 Å². The molecule has 0 amide bonds. The molecule has 0 bridgehead atoms. The standard InChI is InChI=1S/C12H21NO/c1-9-8-11(14)10-6-4-5-7-12(10,2)13(9)3/h9-10H,4-8H2,1-3H3. The number of hydrogen-bond acceptors (Lipinski definition) is 2. The average Bonchev–Trinajstić information content (AvgIpc) is 2.15. The van der Waals surface area contributed by atoms with Crippen LogP contribution in [0.1, 0.15) is 46.0 Å². The molecule has 80 valence electrons. The summed E-state index contributed by atoms with van der Waals surface area (Å²) in [7, 11) is 2.19. The predicted molar refractivity (Wildman–Crippen MR) is 57.2 cm³/mol. The summed E-state index contributed by atoms with van der Waals surface area (Å²) in [5.41, 5.74) is 0.160. The number of likely N-dealkylation sites (tertiary alicyclic amines) is 1. The van der Waals surface area contributed by atoms with Gasteiger partial charge in [-0.3, -0.25) is 9.69 Å². The Morgan fingerprint density at radius 2 is 2.14 bits per heavy atom. The summed E-state index contributed by atoms with van der Waals surface area (Å²) in [6.45, 7) is 4.46. The van der Waals surface area contributed by atoms with Gasteiger partial charge in [0.2, 0.25) is 0 Å². The molecule has 1 heterocycles. The molecule has 0 aromatic rings. The zero-order chi connectivity index (χ0) is 10.3. The summed E-state index contributed by atoms with van der Waals surface area (Å²) in [6, 6.07) is 0.432. The predicted octanol–water partition coefficient (Wildman–Crippen LogP) is 2.23. The minimum absolute atomic E-state index is 0.160. The summed E-state index contributed by atoms with van der Waals surface area (Å²) in [4.78, 5) is 14.4. The van der Waals surface area contributed by atoms with E-state index in [9.17, 15) is 4.79 Å². The van der Waals surface area contributed by atoms with E-state index in [4.69, 9.17) is 0 Å². The van der Waals surface area contributed by atoms with Crippen LogP contribution in [0.15, 0.2) is 0 Å². The lowest BCUT2D eigenvalue weighted by Gasteiger charge is -2.53. The topological polar surface area (TPSA) is 20.3 Å². The molecule has 3 unspecified atom stereocenters. The van der Waals surface area contributed by atoms with Crippen LogP contribution in [0, 0.1) is 5.92 Å². The highest BCUT2D eigenvalue weighted by molar-refractivity contribution is 5.84. The number of hydrogen-bond donors (Lipinski definition) is 0. The highest BCUT2D eigenvalue weighted by Gasteiger charge is 2.48. The third-order valence-corrected chi connectivity index (χ3v) is 4.53. The molecular formula is C12H21NO. The number of Topliss-reactive ketones (excluding diaryl/α,β-unsaturated/α-hetero) is 1. The van der Waals surface area contributed by atoms with Gasteiger partial charge in [-0.2, -0.15) is 0 Å². The molecule has 2 aliphatic rings. The molecule has 2 rings (SSSR count). The fourth-order valence-corrected chi connectivity index (χ4v) is 3.32. The lowest BCUT2D eigenvalue weighted by Crippen LogP contribution is -2.61. The zero-order valence-electron chi connectivity index (χ0n) is 9.55. The Balaban J connectivity index is 2.28. The molecule has 0 N–H and O–H groups in total. The van der Waals surface area contributed by atoms with Gasteiger partial charge in [0.25, 0.3) is 0 Å². The molecule has 0 spiro atoms. The van der Waals surface area contributed by atoms with E-state index < -0.39 is 0 Å². The van der Waals surface area contributed by atoms with Gasteiger partial charge in [-0.05, 0) is 33.7 Å². The van der Waals surface area contributed by atoms with Crippen LogP contribution in [0.5, 0.6) is 0 Å². The number of rotatable bonds is 0. The minimum Gasteiger partial charge on any atom is -0.299 e. The molecule has 2 heteroatoms. The first-order valence-corrected chi connectivity index (χ1v) is 5.81. The molecule has 1 aliphatic heterocycles. The van der Waals surface area contributed by atoms with Gasteiger partial charge in [0.1, 0.15) is 5.78 Å². The van der Waals surface area contributed by atoms with Crippen LogP contribution in [0.3, 0.4) is 0 Å². The first-order valence-electron chi connectivity index (χ1n) is 5.81. The summed E-state index contributed by atoms with van der Waals surface area (Å²) in [5.74, 6) is 0.829.